The van der Waals surface area contributed by atoms with Crippen molar-refractivity contribution in [1.29, 1.82) is 0 Å². The van der Waals surface area contributed by atoms with E-state index in [0.717, 1.165) is 25.6 Å². The number of likely N-dealkylation sites (tertiary alicyclic amines) is 2. The fourth-order valence-electron chi connectivity index (χ4n) is 3.14. The van der Waals surface area contributed by atoms with Crippen molar-refractivity contribution in [3.8, 4) is 0 Å². The second-order valence-corrected chi connectivity index (χ2v) is 5.86. The summed E-state index contributed by atoms with van der Waals surface area (Å²) in [5.41, 5.74) is 0. The predicted molar refractivity (Wildman–Crippen MR) is 70.0 cm³/mol. The monoisotopic (exact) mass is 238 g/mol. The molecule has 0 saturated carbocycles. The highest BCUT2D eigenvalue weighted by Gasteiger charge is 2.29. The topological polar surface area (TPSA) is 23.6 Å². The Hall–Kier alpha value is -0.730. The fraction of sp³-hybridized carbons (Fsp3) is 0.929. The van der Waals surface area contributed by atoms with Gasteiger partial charge in [0.15, 0.2) is 0 Å². The number of nitrogens with zero attached hydrogens (tertiary/aromatic N) is 2. The van der Waals surface area contributed by atoms with Crippen LogP contribution in [0.25, 0.3) is 0 Å². The summed E-state index contributed by atoms with van der Waals surface area (Å²) in [4.78, 5) is 16.7. The van der Waals surface area contributed by atoms with E-state index in [-0.39, 0.29) is 0 Å². The lowest BCUT2D eigenvalue weighted by atomic mass is 9.94. The molecule has 2 aliphatic heterocycles. The molecule has 0 radical (unpaired) electrons. The second kappa shape index (κ2) is 5.74. The van der Waals surface area contributed by atoms with Gasteiger partial charge in [-0.05, 0) is 38.5 Å². The molecule has 2 rings (SSSR count). The highest BCUT2D eigenvalue weighted by molar-refractivity contribution is 5.75. The summed E-state index contributed by atoms with van der Waals surface area (Å²) < 4.78 is 0. The summed E-state index contributed by atoms with van der Waals surface area (Å²) in [5, 5.41) is 0. The average Bonchev–Trinajstić information content (AvgIpc) is 2.56. The van der Waals surface area contributed by atoms with Gasteiger partial charge >= 0.3 is 6.03 Å². The van der Waals surface area contributed by atoms with Crippen LogP contribution in [0.15, 0.2) is 0 Å². The van der Waals surface area contributed by atoms with Gasteiger partial charge in [-0.1, -0.05) is 19.8 Å². The maximum atomic E-state index is 12.5. The van der Waals surface area contributed by atoms with Gasteiger partial charge in [-0.2, -0.15) is 0 Å². The average molecular weight is 238 g/mol. The van der Waals surface area contributed by atoms with Crippen LogP contribution in [-0.4, -0.2) is 41.5 Å². The van der Waals surface area contributed by atoms with Gasteiger partial charge in [-0.15, -0.1) is 0 Å². The van der Waals surface area contributed by atoms with Crippen LogP contribution in [-0.2, 0) is 0 Å². The Balaban J connectivity index is 1.93. The van der Waals surface area contributed by atoms with E-state index in [2.05, 4.69) is 23.6 Å². The minimum atomic E-state index is 0.298. The lowest BCUT2D eigenvalue weighted by Crippen LogP contribution is -2.50. The molecule has 0 aromatic heterocycles. The number of piperidine rings is 1. The van der Waals surface area contributed by atoms with Crippen molar-refractivity contribution in [2.45, 2.75) is 58.4 Å². The molecule has 0 aliphatic carbocycles. The van der Waals surface area contributed by atoms with Crippen LogP contribution < -0.4 is 0 Å². The molecule has 0 N–H and O–H groups in total. The fourth-order valence-corrected chi connectivity index (χ4v) is 3.14. The number of amides is 2. The van der Waals surface area contributed by atoms with Gasteiger partial charge in [-0.25, -0.2) is 4.79 Å². The van der Waals surface area contributed by atoms with E-state index in [1.807, 2.05) is 0 Å². The molecule has 98 valence electrons. The minimum absolute atomic E-state index is 0.298. The Morgan fingerprint density at radius 1 is 1.00 bits per heavy atom. The van der Waals surface area contributed by atoms with Crippen molar-refractivity contribution in [3.05, 3.63) is 0 Å². The third-order valence-corrected chi connectivity index (χ3v) is 4.26. The van der Waals surface area contributed by atoms with E-state index in [1.54, 1.807) is 0 Å². The number of carbonyl (C=O) groups is 1. The molecule has 2 unspecified atom stereocenters. The van der Waals surface area contributed by atoms with E-state index >= 15 is 0 Å². The van der Waals surface area contributed by atoms with Crippen molar-refractivity contribution in [2.75, 3.05) is 19.6 Å². The third-order valence-electron chi connectivity index (χ3n) is 4.26. The first-order chi connectivity index (χ1) is 8.18. The van der Waals surface area contributed by atoms with E-state index in [9.17, 15) is 4.79 Å². The molecule has 17 heavy (non-hydrogen) atoms. The maximum absolute atomic E-state index is 12.5. The van der Waals surface area contributed by atoms with Crippen LogP contribution in [0.2, 0.25) is 0 Å². The quantitative estimate of drug-likeness (QED) is 0.636. The van der Waals surface area contributed by atoms with E-state index in [0.29, 0.717) is 12.1 Å². The molecule has 2 heterocycles. The number of urea groups is 1. The molecule has 0 aromatic carbocycles. The molecule has 2 amide bonds. The summed E-state index contributed by atoms with van der Waals surface area (Å²) >= 11 is 0. The predicted octanol–water partition coefficient (Wildman–Crippen LogP) is 3.10. The molecule has 2 fully saturated rings. The zero-order valence-corrected chi connectivity index (χ0v) is 11.3. The molecule has 0 aromatic rings. The molecule has 3 heteroatoms. The minimum Gasteiger partial charge on any atom is -0.325 e. The zero-order valence-electron chi connectivity index (χ0n) is 11.3. The van der Waals surface area contributed by atoms with Crippen molar-refractivity contribution in [2.24, 2.45) is 5.92 Å². The molecule has 2 saturated heterocycles. The smallest absolute Gasteiger partial charge is 0.320 e. The van der Waals surface area contributed by atoms with Gasteiger partial charge in [-0.3, -0.25) is 0 Å². The van der Waals surface area contributed by atoms with Crippen LogP contribution in [0.4, 0.5) is 4.79 Å². The first-order valence-electron chi connectivity index (χ1n) is 7.24. The number of rotatable bonds is 0. The highest BCUT2D eigenvalue weighted by Crippen LogP contribution is 2.24. The summed E-state index contributed by atoms with van der Waals surface area (Å²) in [6, 6.07) is 0.723. The normalized spacial score (nSPS) is 31.2. The third kappa shape index (κ3) is 3.14. The molecular weight excluding hydrogens is 212 g/mol. The van der Waals surface area contributed by atoms with Gasteiger partial charge in [0.05, 0.1) is 0 Å². The zero-order chi connectivity index (χ0) is 12.3. The van der Waals surface area contributed by atoms with Gasteiger partial charge in [0.2, 0.25) is 0 Å². The summed E-state index contributed by atoms with van der Waals surface area (Å²) in [6.07, 6.45) is 7.28. The van der Waals surface area contributed by atoms with Crippen molar-refractivity contribution in [1.82, 2.24) is 9.80 Å². The SMILES string of the molecule is CC1CCN(C(=O)N2CCCCCC2)C(C)C1. The second-order valence-electron chi connectivity index (χ2n) is 5.86. The molecule has 2 aliphatic rings. The lowest BCUT2D eigenvalue weighted by Gasteiger charge is -2.39. The molecule has 0 bridgehead atoms. The van der Waals surface area contributed by atoms with Gasteiger partial charge < -0.3 is 9.80 Å². The highest BCUT2D eigenvalue weighted by atomic mass is 16.2. The Bertz CT molecular complexity index is 259. The molecule has 0 spiro atoms. The molecule has 3 nitrogen and oxygen atoms in total. The van der Waals surface area contributed by atoms with Crippen molar-refractivity contribution < 1.29 is 4.79 Å². The standard InChI is InChI=1S/C14H26N2O/c1-12-7-10-16(13(2)11-12)14(17)15-8-5-3-4-6-9-15/h12-13H,3-11H2,1-2H3. The summed E-state index contributed by atoms with van der Waals surface area (Å²) in [6.45, 7) is 7.39. The Morgan fingerprint density at radius 3 is 2.24 bits per heavy atom. The van der Waals surface area contributed by atoms with Crippen LogP contribution in [0, 0.1) is 5.92 Å². The molecular formula is C14H26N2O. The van der Waals surface area contributed by atoms with E-state index in [4.69, 9.17) is 0 Å². The number of carbonyl (C=O) groups excluding carboxylic acids is 1. The number of hydrogen-bond donors (Lipinski definition) is 0. The Kier molecular flexibility index (Phi) is 4.30. The van der Waals surface area contributed by atoms with E-state index in [1.165, 1.54) is 38.5 Å². The van der Waals surface area contributed by atoms with Gasteiger partial charge in [0.25, 0.3) is 0 Å². The van der Waals surface area contributed by atoms with E-state index < -0.39 is 0 Å². The van der Waals surface area contributed by atoms with Gasteiger partial charge in [0, 0.05) is 25.7 Å². The van der Waals surface area contributed by atoms with Crippen LogP contribution in [0.5, 0.6) is 0 Å². The largest absolute Gasteiger partial charge is 0.325 e. The van der Waals surface area contributed by atoms with Crippen molar-refractivity contribution >= 4 is 6.03 Å². The Labute approximate surface area is 105 Å². The first kappa shape index (κ1) is 12.7. The van der Waals surface area contributed by atoms with Crippen LogP contribution in [0.1, 0.15) is 52.4 Å². The summed E-state index contributed by atoms with van der Waals surface area (Å²) in [5.74, 6) is 0.776. The lowest BCUT2D eigenvalue weighted by molar-refractivity contribution is 0.108. The van der Waals surface area contributed by atoms with Gasteiger partial charge in [0.1, 0.15) is 0 Å². The number of hydrogen-bond acceptors (Lipinski definition) is 1. The maximum Gasteiger partial charge on any atom is 0.320 e. The van der Waals surface area contributed by atoms with Crippen LogP contribution in [0.3, 0.4) is 0 Å². The first-order valence-corrected chi connectivity index (χ1v) is 7.24. The molecule has 2 atom stereocenters. The van der Waals surface area contributed by atoms with Crippen molar-refractivity contribution in [3.63, 3.8) is 0 Å². The summed E-state index contributed by atoms with van der Waals surface area (Å²) in [7, 11) is 0. The van der Waals surface area contributed by atoms with Crippen LogP contribution >= 0.6 is 0 Å². The Morgan fingerprint density at radius 2 is 1.65 bits per heavy atom.